The van der Waals surface area contributed by atoms with E-state index in [0.29, 0.717) is 12.5 Å². The van der Waals surface area contributed by atoms with E-state index in [1.807, 2.05) is 12.1 Å². The van der Waals surface area contributed by atoms with Crippen LogP contribution in [0.3, 0.4) is 0 Å². The SMILES string of the molecule is CC(C)N1CCC(O)(Cc2cccc(O)c2)CC1. The van der Waals surface area contributed by atoms with Crippen LogP contribution in [0.1, 0.15) is 32.3 Å². The van der Waals surface area contributed by atoms with Gasteiger partial charge in [0.2, 0.25) is 0 Å². The van der Waals surface area contributed by atoms with Crippen LogP contribution in [0.25, 0.3) is 0 Å². The quantitative estimate of drug-likeness (QED) is 0.863. The molecule has 0 unspecified atom stereocenters. The molecule has 1 heterocycles. The van der Waals surface area contributed by atoms with Gasteiger partial charge in [-0.1, -0.05) is 12.1 Å². The molecule has 0 saturated carbocycles. The van der Waals surface area contributed by atoms with E-state index in [1.54, 1.807) is 12.1 Å². The molecular weight excluding hydrogens is 226 g/mol. The largest absolute Gasteiger partial charge is 0.508 e. The number of likely N-dealkylation sites (tertiary alicyclic amines) is 1. The van der Waals surface area contributed by atoms with Crippen molar-refractivity contribution >= 4 is 0 Å². The Hall–Kier alpha value is -1.06. The summed E-state index contributed by atoms with van der Waals surface area (Å²) in [4.78, 5) is 2.40. The van der Waals surface area contributed by atoms with Gasteiger partial charge in [0.1, 0.15) is 5.75 Å². The Balaban J connectivity index is 1.97. The van der Waals surface area contributed by atoms with Gasteiger partial charge in [0.25, 0.3) is 0 Å². The summed E-state index contributed by atoms with van der Waals surface area (Å²) in [6.45, 7) is 6.29. The predicted octanol–water partition coefficient (Wildman–Crippen LogP) is 2.17. The fraction of sp³-hybridized carbons (Fsp3) is 0.600. The van der Waals surface area contributed by atoms with Gasteiger partial charge < -0.3 is 15.1 Å². The molecule has 0 aliphatic carbocycles. The Morgan fingerprint density at radius 3 is 2.50 bits per heavy atom. The van der Waals surface area contributed by atoms with Crippen molar-refractivity contribution in [2.24, 2.45) is 0 Å². The number of nitrogens with zero attached hydrogens (tertiary/aromatic N) is 1. The Kier molecular flexibility index (Phi) is 3.93. The molecule has 3 nitrogen and oxygen atoms in total. The molecule has 1 aliphatic rings. The lowest BCUT2D eigenvalue weighted by molar-refractivity contribution is -0.0271. The summed E-state index contributed by atoms with van der Waals surface area (Å²) in [5, 5.41) is 20.1. The molecule has 18 heavy (non-hydrogen) atoms. The summed E-state index contributed by atoms with van der Waals surface area (Å²) < 4.78 is 0. The third-order valence-corrected chi connectivity index (χ3v) is 3.90. The van der Waals surface area contributed by atoms with Gasteiger partial charge in [-0.3, -0.25) is 0 Å². The first-order valence-electron chi connectivity index (χ1n) is 6.73. The molecule has 100 valence electrons. The number of benzene rings is 1. The average molecular weight is 249 g/mol. The Bertz CT molecular complexity index is 395. The van der Waals surface area contributed by atoms with E-state index in [4.69, 9.17) is 0 Å². The topological polar surface area (TPSA) is 43.7 Å². The lowest BCUT2D eigenvalue weighted by Crippen LogP contribution is -2.47. The monoisotopic (exact) mass is 249 g/mol. The van der Waals surface area contributed by atoms with Crippen molar-refractivity contribution in [1.82, 2.24) is 4.90 Å². The zero-order valence-electron chi connectivity index (χ0n) is 11.3. The number of aliphatic hydroxyl groups is 1. The van der Waals surface area contributed by atoms with Crippen LogP contribution in [0.5, 0.6) is 5.75 Å². The molecule has 1 aromatic rings. The lowest BCUT2D eigenvalue weighted by Gasteiger charge is -2.40. The first-order valence-corrected chi connectivity index (χ1v) is 6.73. The number of piperidine rings is 1. The van der Waals surface area contributed by atoms with Crippen LogP contribution in [0.15, 0.2) is 24.3 Å². The third kappa shape index (κ3) is 3.24. The summed E-state index contributed by atoms with van der Waals surface area (Å²) in [6, 6.07) is 7.75. The Morgan fingerprint density at radius 2 is 1.94 bits per heavy atom. The Morgan fingerprint density at radius 1 is 1.28 bits per heavy atom. The standard InChI is InChI=1S/C15H23NO2/c1-12(2)16-8-6-15(18,7-9-16)11-13-4-3-5-14(17)10-13/h3-5,10,12,17-18H,6-9,11H2,1-2H3. The molecule has 2 rings (SSSR count). The van der Waals surface area contributed by atoms with Crippen molar-refractivity contribution in [3.63, 3.8) is 0 Å². The molecule has 1 aliphatic heterocycles. The molecule has 1 aromatic carbocycles. The highest BCUT2D eigenvalue weighted by atomic mass is 16.3. The van der Waals surface area contributed by atoms with E-state index in [-0.39, 0.29) is 5.75 Å². The molecule has 0 spiro atoms. The van der Waals surface area contributed by atoms with Crippen LogP contribution >= 0.6 is 0 Å². The summed E-state index contributed by atoms with van der Waals surface area (Å²) in [7, 11) is 0. The summed E-state index contributed by atoms with van der Waals surface area (Å²) >= 11 is 0. The summed E-state index contributed by atoms with van der Waals surface area (Å²) in [6.07, 6.45) is 2.25. The van der Waals surface area contributed by atoms with E-state index in [0.717, 1.165) is 31.5 Å². The number of hydrogen-bond donors (Lipinski definition) is 2. The molecule has 2 N–H and O–H groups in total. The smallest absolute Gasteiger partial charge is 0.115 e. The highest BCUT2D eigenvalue weighted by Gasteiger charge is 2.33. The minimum Gasteiger partial charge on any atom is -0.508 e. The van der Waals surface area contributed by atoms with E-state index in [9.17, 15) is 10.2 Å². The lowest BCUT2D eigenvalue weighted by atomic mass is 9.85. The van der Waals surface area contributed by atoms with Crippen LogP contribution < -0.4 is 0 Å². The first kappa shape index (κ1) is 13.4. The van der Waals surface area contributed by atoms with Gasteiger partial charge >= 0.3 is 0 Å². The maximum Gasteiger partial charge on any atom is 0.115 e. The van der Waals surface area contributed by atoms with Crippen LogP contribution in [0.4, 0.5) is 0 Å². The molecule has 3 heteroatoms. The number of aromatic hydroxyl groups is 1. The molecular formula is C15H23NO2. The summed E-state index contributed by atoms with van der Waals surface area (Å²) in [5.41, 5.74) is 0.398. The van der Waals surface area contributed by atoms with Gasteiger partial charge in [-0.2, -0.15) is 0 Å². The highest BCUT2D eigenvalue weighted by molar-refractivity contribution is 5.28. The van der Waals surface area contributed by atoms with E-state index < -0.39 is 5.60 Å². The molecule has 0 amide bonds. The molecule has 0 aromatic heterocycles. The van der Waals surface area contributed by atoms with Gasteiger partial charge in [-0.25, -0.2) is 0 Å². The van der Waals surface area contributed by atoms with Gasteiger partial charge in [-0.05, 0) is 44.4 Å². The minimum atomic E-state index is -0.612. The molecule has 0 atom stereocenters. The van der Waals surface area contributed by atoms with Crippen LogP contribution in [0.2, 0.25) is 0 Å². The molecule has 0 radical (unpaired) electrons. The number of phenols is 1. The van der Waals surface area contributed by atoms with Gasteiger partial charge in [0.05, 0.1) is 5.60 Å². The van der Waals surface area contributed by atoms with Gasteiger partial charge in [-0.15, -0.1) is 0 Å². The number of hydrogen-bond acceptors (Lipinski definition) is 3. The maximum absolute atomic E-state index is 10.6. The molecule has 0 bridgehead atoms. The summed E-state index contributed by atoms with van der Waals surface area (Å²) in [5.74, 6) is 0.274. The number of rotatable bonds is 3. The van der Waals surface area contributed by atoms with Crippen molar-refractivity contribution in [3.05, 3.63) is 29.8 Å². The van der Waals surface area contributed by atoms with Crippen LogP contribution in [-0.2, 0) is 6.42 Å². The normalized spacial score (nSPS) is 20.2. The second-order valence-corrected chi connectivity index (χ2v) is 5.70. The van der Waals surface area contributed by atoms with Gasteiger partial charge in [0.15, 0.2) is 0 Å². The zero-order valence-corrected chi connectivity index (χ0v) is 11.3. The fourth-order valence-electron chi connectivity index (χ4n) is 2.68. The van der Waals surface area contributed by atoms with Crippen molar-refractivity contribution in [2.75, 3.05) is 13.1 Å². The minimum absolute atomic E-state index is 0.274. The third-order valence-electron chi connectivity index (χ3n) is 3.90. The van der Waals surface area contributed by atoms with Gasteiger partial charge in [0, 0.05) is 25.6 Å². The zero-order chi connectivity index (χ0) is 13.2. The molecule has 1 saturated heterocycles. The number of phenolic OH excluding ortho intramolecular Hbond substituents is 1. The van der Waals surface area contributed by atoms with E-state index >= 15 is 0 Å². The van der Waals surface area contributed by atoms with Crippen LogP contribution in [0, 0.1) is 0 Å². The molecule has 1 fully saturated rings. The fourth-order valence-corrected chi connectivity index (χ4v) is 2.68. The second kappa shape index (κ2) is 5.29. The Labute approximate surface area is 109 Å². The first-order chi connectivity index (χ1) is 8.48. The van der Waals surface area contributed by atoms with Crippen molar-refractivity contribution in [3.8, 4) is 5.75 Å². The predicted molar refractivity (Wildman–Crippen MR) is 72.7 cm³/mol. The second-order valence-electron chi connectivity index (χ2n) is 5.70. The maximum atomic E-state index is 10.6. The van der Waals surface area contributed by atoms with Crippen molar-refractivity contribution in [2.45, 2.75) is 44.8 Å². The highest BCUT2D eigenvalue weighted by Crippen LogP contribution is 2.28. The van der Waals surface area contributed by atoms with Crippen molar-refractivity contribution in [1.29, 1.82) is 0 Å². The average Bonchev–Trinajstić information content (AvgIpc) is 2.29. The van der Waals surface area contributed by atoms with E-state index in [1.165, 1.54) is 0 Å². The van der Waals surface area contributed by atoms with Crippen LogP contribution in [-0.4, -0.2) is 39.8 Å². The van der Waals surface area contributed by atoms with E-state index in [2.05, 4.69) is 18.7 Å². The van der Waals surface area contributed by atoms with Crippen molar-refractivity contribution < 1.29 is 10.2 Å².